The Morgan fingerprint density at radius 2 is 2.00 bits per heavy atom. The van der Waals surface area contributed by atoms with Gasteiger partial charge in [0.25, 0.3) is 0 Å². The highest BCUT2D eigenvalue weighted by molar-refractivity contribution is 7.09. The maximum absolute atomic E-state index is 12.6. The van der Waals surface area contributed by atoms with Crippen LogP contribution < -0.4 is 15.5 Å². The highest BCUT2D eigenvalue weighted by Crippen LogP contribution is 2.29. The van der Waals surface area contributed by atoms with Gasteiger partial charge in [0.05, 0.1) is 13.1 Å². The van der Waals surface area contributed by atoms with Crippen molar-refractivity contribution in [3.05, 3.63) is 45.4 Å². The second-order valence-electron chi connectivity index (χ2n) is 6.20. The van der Waals surface area contributed by atoms with Gasteiger partial charge in [-0.25, -0.2) is 9.98 Å². The summed E-state index contributed by atoms with van der Waals surface area (Å²) in [7, 11) is 3.96. The van der Waals surface area contributed by atoms with Gasteiger partial charge in [-0.15, -0.1) is 11.3 Å². The summed E-state index contributed by atoms with van der Waals surface area (Å²) in [5.74, 6) is 0.534. The zero-order valence-corrected chi connectivity index (χ0v) is 16.6. The number of halogens is 3. The van der Waals surface area contributed by atoms with Gasteiger partial charge in [-0.2, -0.15) is 13.2 Å². The normalized spacial score (nSPS) is 12.2. The monoisotopic (exact) mass is 399 g/mol. The summed E-state index contributed by atoms with van der Waals surface area (Å²) in [4.78, 5) is 10.2. The number of aliphatic imine (C=N–C) groups is 1. The molecule has 0 bridgehead atoms. The average Bonchev–Trinajstić information content (AvgIpc) is 3.07. The van der Waals surface area contributed by atoms with Gasteiger partial charge >= 0.3 is 6.18 Å². The first-order valence-corrected chi connectivity index (χ1v) is 9.39. The van der Waals surface area contributed by atoms with Crippen LogP contribution >= 0.6 is 11.3 Å². The van der Waals surface area contributed by atoms with Crippen molar-refractivity contribution in [2.45, 2.75) is 33.1 Å². The van der Waals surface area contributed by atoms with Crippen molar-refractivity contribution in [1.29, 1.82) is 0 Å². The van der Waals surface area contributed by atoms with E-state index in [1.807, 2.05) is 45.0 Å². The van der Waals surface area contributed by atoms with Crippen LogP contribution in [0.3, 0.4) is 0 Å². The highest BCUT2D eigenvalue weighted by atomic mass is 32.1. The summed E-state index contributed by atoms with van der Waals surface area (Å²) in [6, 6.07) is 6.17. The van der Waals surface area contributed by atoms with Crippen LogP contribution in [0, 0.1) is 6.92 Å². The number of alkyl halides is 3. The molecule has 1 aromatic heterocycles. The molecule has 2 rings (SSSR count). The van der Waals surface area contributed by atoms with E-state index in [9.17, 15) is 13.2 Å². The largest absolute Gasteiger partial charge is 0.434 e. The van der Waals surface area contributed by atoms with Crippen LogP contribution in [-0.2, 0) is 19.3 Å². The molecule has 2 N–H and O–H groups in total. The van der Waals surface area contributed by atoms with Crippen molar-refractivity contribution < 1.29 is 13.2 Å². The second-order valence-corrected chi connectivity index (χ2v) is 7.14. The van der Waals surface area contributed by atoms with E-state index in [4.69, 9.17) is 0 Å². The molecular formula is C18H24F3N5S. The molecule has 0 spiro atoms. The number of rotatable bonds is 6. The molecular weight excluding hydrogens is 375 g/mol. The van der Waals surface area contributed by atoms with Gasteiger partial charge in [0.2, 0.25) is 0 Å². The van der Waals surface area contributed by atoms with Crippen LogP contribution in [0.15, 0.2) is 28.6 Å². The fourth-order valence-electron chi connectivity index (χ4n) is 2.41. The van der Waals surface area contributed by atoms with Crippen LogP contribution in [0.2, 0.25) is 0 Å². The minimum Gasteiger partial charge on any atom is -0.377 e. The van der Waals surface area contributed by atoms with E-state index in [1.54, 1.807) is 0 Å². The van der Waals surface area contributed by atoms with E-state index in [2.05, 4.69) is 26.7 Å². The third kappa shape index (κ3) is 6.13. The van der Waals surface area contributed by atoms with Crippen molar-refractivity contribution >= 4 is 23.0 Å². The van der Waals surface area contributed by atoms with Crippen LogP contribution in [0.1, 0.15) is 28.8 Å². The van der Waals surface area contributed by atoms with Crippen molar-refractivity contribution in [2.24, 2.45) is 4.99 Å². The van der Waals surface area contributed by atoms with Gasteiger partial charge in [-0.3, -0.25) is 0 Å². The summed E-state index contributed by atoms with van der Waals surface area (Å²) in [6.07, 6.45) is -4.42. The van der Waals surface area contributed by atoms with Crippen molar-refractivity contribution in [3.8, 4) is 0 Å². The van der Waals surface area contributed by atoms with Crippen molar-refractivity contribution in [3.63, 3.8) is 0 Å². The number of nitrogens with one attached hydrogen (secondary N) is 2. The Morgan fingerprint density at radius 3 is 2.59 bits per heavy atom. The fourth-order valence-corrected chi connectivity index (χ4v) is 3.15. The molecule has 1 heterocycles. The standard InChI is InChI=1S/C18H24F3N5S/c1-5-22-17(24-10-16-25-15(11-27-16)18(19,20)21)23-9-13-7-6-12(2)8-14(13)26(3)4/h6-8,11H,5,9-10H2,1-4H3,(H2,22,23,24). The Kier molecular flexibility index (Phi) is 7.06. The number of guanidine groups is 1. The maximum atomic E-state index is 12.6. The molecule has 0 atom stereocenters. The lowest BCUT2D eigenvalue weighted by Gasteiger charge is -2.18. The Morgan fingerprint density at radius 1 is 1.26 bits per heavy atom. The molecule has 0 unspecified atom stereocenters. The van der Waals surface area contributed by atoms with Crippen LogP contribution in [0.5, 0.6) is 0 Å². The average molecular weight is 399 g/mol. The highest BCUT2D eigenvalue weighted by Gasteiger charge is 2.33. The first-order chi connectivity index (χ1) is 12.7. The number of hydrogen-bond donors (Lipinski definition) is 2. The number of aryl methyl sites for hydroxylation is 1. The lowest BCUT2D eigenvalue weighted by Crippen LogP contribution is -2.36. The molecule has 0 saturated carbocycles. The molecule has 0 amide bonds. The molecule has 0 radical (unpaired) electrons. The minimum atomic E-state index is -4.42. The van der Waals surface area contributed by atoms with E-state index < -0.39 is 11.9 Å². The molecule has 9 heteroatoms. The van der Waals surface area contributed by atoms with E-state index >= 15 is 0 Å². The molecule has 148 valence electrons. The SMILES string of the molecule is CCNC(=NCc1ccc(C)cc1N(C)C)NCc1nc(C(F)(F)F)cs1. The fraction of sp³-hybridized carbons (Fsp3) is 0.444. The smallest absolute Gasteiger partial charge is 0.377 e. The number of aromatic nitrogens is 1. The predicted molar refractivity (Wildman–Crippen MR) is 104 cm³/mol. The summed E-state index contributed by atoms with van der Waals surface area (Å²) in [5, 5.41) is 7.52. The molecule has 2 aromatic rings. The maximum Gasteiger partial charge on any atom is 0.434 e. The number of thiazole rings is 1. The molecule has 0 aliphatic carbocycles. The molecule has 0 aliphatic heterocycles. The zero-order chi connectivity index (χ0) is 20.0. The first kappa shape index (κ1) is 21.0. The van der Waals surface area contributed by atoms with Gasteiger partial charge in [0.1, 0.15) is 5.01 Å². The second kappa shape index (κ2) is 9.07. The number of hydrogen-bond acceptors (Lipinski definition) is 4. The van der Waals surface area contributed by atoms with E-state index in [0.29, 0.717) is 24.1 Å². The van der Waals surface area contributed by atoms with Crippen molar-refractivity contribution in [2.75, 3.05) is 25.5 Å². The van der Waals surface area contributed by atoms with Crippen LogP contribution in [0.25, 0.3) is 0 Å². The third-order valence-electron chi connectivity index (χ3n) is 3.72. The number of anilines is 1. The quantitative estimate of drug-likeness (QED) is 0.573. The molecule has 0 aliphatic rings. The Labute approximate surface area is 161 Å². The zero-order valence-electron chi connectivity index (χ0n) is 15.8. The summed E-state index contributed by atoms with van der Waals surface area (Å²) >= 11 is 0.976. The van der Waals surface area contributed by atoms with E-state index in [0.717, 1.165) is 28.0 Å². The van der Waals surface area contributed by atoms with Gasteiger partial charge in [0, 0.05) is 31.7 Å². The molecule has 5 nitrogen and oxygen atoms in total. The first-order valence-electron chi connectivity index (χ1n) is 8.51. The van der Waals surface area contributed by atoms with Crippen LogP contribution in [-0.4, -0.2) is 31.6 Å². The Hall–Kier alpha value is -2.29. The van der Waals surface area contributed by atoms with Gasteiger partial charge in [-0.1, -0.05) is 12.1 Å². The summed E-state index contributed by atoms with van der Waals surface area (Å²) in [5.41, 5.74) is 2.46. The van der Waals surface area contributed by atoms with E-state index in [-0.39, 0.29) is 6.54 Å². The summed E-state index contributed by atoms with van der Waals surface area (Å²) in [6.45, 7) is 5.25. The molecule has 1 aromatic carbocycles. The summed E-state index contributed by atoms with van der Waals surface area (Å²) < 4.78 is 37.9. The van der Waals surface area contributed by atoms with Gasteiger partial charge in [0.15, 0.2) is 11.7 Å². The lowest BCUT2D eigenvalue weighted by molar-refractivity contribution is -0.140. The topological polar surface area (TPSA) is 52.6 Å². The lowest BCUT2D eigenvalue weighted by atomic mass is 10.1. The Balaban J connectivity index is 2.08. The molecule has 27 heavy (non-hydrogen) atoms. The molecule has 0 fully saturated rings. The predicted octanol–water partition coefficient (Wildman–Crippen LogP) is 3.79. The third-order valence-corrected chi connectivity index (χ3v) is 4.57. The molecule has 0 saturated heterocycles. The van der Waals surface area contributed by atoms with Crippen molar-refractivity contribution in [1.82, 2.24) is 15.6 Å². The van der Waals surface area contributed by atoms with E-state index in [1.165, 1.54) is 5.56 Å². The van der Waals surface area contributed by atoms with Gasteiger partial charge < -0.3 is 15.5 Å². The minimum absolute atomic E-state index is 0.182. The Bertz CT molecular complexity index is 784. The van der Waals surface area contributed by atoms with Gasteiger partial charge in [-0.05, 0) is 31.0 Å². The van der Waals surface area contributed by atoms with Crippen LogP contribution in [0.4, 0.5) is 18.9 Å². The number of benzene rings is 1. The number of nitrogens with zero attached hydrogens (tertiary/aromatic N) is 3.